The maximum absolute atomic E-state index is 12.8. The Bertz CT molecular complexity index is 971. The molecule has 29 heavy (non-hydrogen) atoms. The molecule has 0 spiro atoms. The molecule has 0 unspecified atom stereocenters. The molecule has 3 aromatic rings. The monoisotopic (exact) mass is 391 g/mol. The molecule has 1 saturated heterocycles. The van der Waals surface area contributed by atoms with Gasteiger partial charge < -0.3 is 14.7 Å². The number of imidazole rings is 1. The predicted molar refractivity (Wildman–Crippen MR) is 113 cm³/mol. The second-order valence-electron chi connectivity index (χ2n) is 7.31. The van der Waals surface area contributed by atoms with Crippen LogP contribution in [-0.2, 0) is 0 Å². The van der Waals surface area contributed by atoms with E-state index in [2.05, 4.69) is 20.1 Å². The number of hydrogen-bond donors (Lipinski definition) is 0. The van der Waals surface area contributed by atoms with Crippen molar-refractivity contribution in [1.29, 1.82) is 0 Å². The average molecular weight is 391 g/mol. The summed E-state index contributed by atoms with van der Waals surface area (Å²) in [5.41, 5.74) is 1.81. The first-order valence-electron chi connectivity index (χ1n) is 9.68. The maximum Gasteiger partial charge on any atom is 0.253 e. The van der Waals surface area contributed by atoms with Crippen molar-refractivity contribution >= 4 is 17.4 Å². The number of hydrogen-bond acceptors (Lipinski definition) is 6. The van der Waals surface area contributed by atoms with E-state index in [0.29, 0.717) is 13.1 Å². The van der Waals surface area contributed by atoms with E-state index in [9.17, 15) is 4.79 Å². The van der Waals surface area contributed by atoms with Gasteiger partial charge in [0.25, 0.3) is 5.91 Å². The Kier molecular flexibility index (Phi) is 5.16. The van der Waals surface area contributed by atoms with E-state index < -0.39 is 0 Å². The number of rotatable bonds is 4. The Morgan fingerprint density at radius 1 is 0.931 bits per heavy atom. The summed E-state index contributed by atoms with van der Waals surface area (Å²) < 4.78 is 1.90. The molecular formula is C21H25N7O. The third-order valence-corrected chi connectivity index (χ3v) is 5.23. The molecule has 0 saturated carbocycles. The fraction of sp³-hybridized carbons (Fsp3) is 0.333. The summed E-state index contributed by atoms with van der Waals surface area (Å²) in [5.74, 6) is 2.53. The smallest absolute Gasteiger partial charge is 0.253 e. The minimum atomic E-state index is 0.0759. The van der Waals surface area contributed by atoms with Gasteiger partial charge in [0, 0.05) is 63.9 Å². The summed E-state index contributed by atoms with van der Waals surface area (Å²) in [4.78, 5) is 23.1. The molecule has 1 amide bonds. The summed E-state index contributed by atoms with van der Waals surface area (Å²) in [6, 6.07) is 11.7. The van der Waals surface area contributed by atoms with E-state index in [1.807, 2.05) is 78.0 Å². The minimum Gasteiger partial charge on any atom is -0.378 e. The zero-order chi connectivity index (χ0) is 20.4. The number of aromatic nitrogens is 4. The van der Waals surface area contributed by atoms with Crippen molar-refractivity contribution in [3.63, 3.8) is 0 Å². The molecule has 2 aromatic heterocycles. The Balaban J connectivity index is 1.37. The molecule has 1 aromatic carbocycles. The number of piperazine rings is 1. The van der Waals surface area contributed by atoms with Crippen LogP contribution in [-0.4, -0.2) is 70.8 Å². The normalized spacial score (nSPS) is 14.2. The lowest BCUT2D eigenvalue weighted by atomic mass is 10.1. The Hall–Kier alpha value is -3.42. The van der Waals surface area contributed by atoms with Gasteiger partial charge in [-0.2, -0.15) is 0 Å². The highest BCUT2D eigenvalue weighted by atomic mass is 16.2. The number of anilines is 2. The molecule has 4 rings (SSSR count). The van der Waals surface area contributed by atoms with Gasteiger partial charge in [-0.05, 0) is 43.3 Å². The molecule has 0 radical (unpaired) electrons. The van der Waals surface area contributed by atoms with E-state index >= 15 is 0 Å². The van der Waals surface area contributed by atoms with Gasteiger partial charge in [0.05, 0.1) is 0 Å². The van der Waals surface area contributed by atoms with Gasteiger partial charge in [0.15, 0.2) is 11.6 Å². The van der Waals surface area contributed by atoms with E-state index in [1.54, 1.807) is 6.20 Å². The Labute approximate surface area is 170 Å². The number of aryl methyl sites for hydroxylation is 1. The molecule has 1 aliphatic rings. The van der Waals surface area contributed by atoms with Crippen LogP contribution in [0.4, 0.5) is 11.5 Å². The van der Waals surface area contributed by atoms with E-state index in [4.69, 9.17) is 0 Å². The van der Waals surface area contributed by atoms with Crippen LogP contribution < -0.4 is 9.80 Å². The van der Waals surface area contributed by atoms with Crippen molar-refractivity contribution in [2.45, 2.75) is 6.92 Å². The van der Waals surface area contributed by atoms with Gasteiger partial charge in [-0.1, -0.05) is 0 Å². The second kappa shape index (κ2) is 7.90. The Morgan fingerprint density at radius 2 is 1.59 bits per heavy atom. The van der Waals surface area contributed by atoms with Crippen molar-refractivity contribution in [2.24, 2.45) is 0 Å². The molecule has 1 aliphatic heterocycles. The number of carbonyl (C=O) groups is 1. The van der Waals surface area contributed by atoms with Gasteiger partial charge in [-0.25, -0.2) is 4.98 Å². The van der Waals surface area contributed by atoms with Crippen LogP contribution in [0.2, 0.25) is 0 Å². The first-order chi connectivity index (χ1) is 14.0. The van der Waals surface area contributed by atoms with Crippen molar-refractivity contribution in [3.05, 3.63) is 60.2 Å². The van der Waals surface area contributed by atoms with Crippen LogP contribution in [0.5, 0.6) is 0 Å². The number of benzene rings is 1. The van der Waals surface area contributed by atoms with Gasteiger partial charge in [0.2, 0.25) is 0 Å². The molecule has 1 fully saturated rings. The average Bonchev–Trinajstić information content (AvgIpc) is 3.19. The van der Waals surface area contributed by atoms with Crippen LogP contribution in [0.15, 0.2) is 48.8 Å². The molecule has 0 atom stereocenters. The van der Waals surface area contributed by atoms with Crippen molar-refractivity contribution in [2.75, 3.05) is 50.1 Å². The first kappa shape index (κ1) is 18.9. The van der Waals surface area contributed by atoms with Crippen LogP contribution in [0.3, 0.4) is 0 Å². The highest BCUT2D eigenvalue weighted by Crippen LogP contribution is 2.18. The fourth-order valence-corrected chi connectivity index (χ4v) is 3.46. The molecule has 3 heterocycles. The minimum absolute atomic E-state index is 0.0759. The van der Waals surface area contributed by atoms with E-state index in [0.717, 1.165) is 41.8 Å². The fourth-order valence-electron chi connectivity index (χ4n) is 3.46. The number of nitrogens with zero attached hydrogens (tertiary/aromatic N) is 7. The molecule has 0 aliphatic carbocycles. The largest absolute Gasteiger partial charge is 0.378 e. The molecule has 0 N–H and O–H groups in total. The lowest BCUT2D eigenvalue weighted by Crippen LogP contribution is -2.49. The quantitative estimate of drug-likeness (QED) is 0.678. The van der Waals surface area contributed by atoms with Crippen molar-refractivity contribution < 1.29 is 4.79 Å². The third-order valence-electron chi connectivity index (χ3n) is 5.23. The summed E-state index contributed by atoms with van der Waals surface area (Å²) in [7, 11) is 3.98. The van der Waals surface area contributed by atoms with Crippen LogP contribution in [0.25, 0.3) is 5.82 Å². The van der Waals surface area contributed by atoms with Gasteiger partial charge in [-0.3, -0.25) is 9.36 Å². The first-order valence-corrected chi connectivity index (χ1v) is 9.68. The summed E-state index contributed by atoms with van der Waals surface area (Å²) in [6.45, 7) is 4.73. The van der Waals surface area contributed by atoms with Crippen molar-refractivity contribution in [1.82, 2.24) is 24.6 Å². The number of carbonyl (C=O) groups excluding carboxylic acids is 1. The molecule has 150 valence electrons. The molecule has 8 nitrogen and oxygen atoms in total. The third kappa shape index (κ3) is 3.91. The predicted octanol–water partition coefficient (Wildman–Crippen LogP) is 2.00. The van der Waals surface area contributed by atoms with Crippen LogP contribution >= 0.6 is 0 Å². The zero-order valence-electron chi connectivity index (χ0n) is 17.0. The molecule has 8 heteroatoms. The lowest BCUT2D eigenvalue weighted by Gasteiger charge is -2.35. The summed E-state index contributed by atoms with van der Waals surface area (Å²) in [6.07, 6.45) is 3.61. The maximum atomic E-state index is 12.8. The van der Waals surface area contributed by atoms with Crippen molar-refractivity contribution in [3.8, 4) is 5.82 Å². The summed E-state index contributed by atoms with van der Waals surface area (Å²) in [5, 5.41) is 8.70. The number of amides is 1. The zero-order valence-corrected chi connectivity index (χ0v) is 17.0. The lowest BCUT2D eigenvalue weighted by molar-refractivity contribution is 0.0746. The molecule has 0 bridgehead atoms. The Morgan fingerprint density at radius 3 is 2.14 bits per heavy atom. The topological polar surface area (TPSA) is 70.4 Å². The highest BCUT2D eigenvalue weighted by molar-refractivity contribution is 5.94. The van der Waals surface area contributed by atoms with Gasteiger partial charge in [-0.15, -0.1) is 10.2 Å². The molecular weight excluding hydrogens is 366 g/mol. The van der Waals surface area contributed by atoms with Crippen LogP contribution in [0, 0.1) is 6.92 Å². The standard InChI is InChI=1S/C21H25N7O/c1-16-22-10-11-28(16)20-9-8-19(23-24-20)26-12-14-27(15-13-26)21(29)17-4-6-18(7-5-17)25(2)3/h4-11H,12-15H2,1-3H3. The summed E-state index contributed by atoms with van der Waals surface area (Å²) >= 11 is 0. The van der Waals surface area contributed by atoms with Crippen LogP contribution in [0.1, 0.15) is 16.2 Å². The van der Waals surface area contributed by atoms with Gasteiger partial charge >= 0.3 is 0 Å². The van der Waals surface area contributed by atoms with E-state index in [-0.39, 0.29) is 5.91 Å². The second-order valence-corrected chi connectivity index (χ2v) is 7.31. The SMILES string of the molecule is Cc1nccn1-c1ccc(N2CCN(C(=O)c3ccc(N(C)C)cc3)CC2)nn1. The van der Waals surface area contributed by atoms with Gasteiger partial charge in [0.1, 0.15) is 5.82 Å². The van der Waals surface area contributed by atoms with E-state index in [1.165, 1.54) is 0 Å². The highest BCUT2D eigenvalue weighted by Gasteiger charge is 2.23.